The summed E-state index contributed by atoms with van der Waals surface area (Å²) in [4.78, 5) is 31.5. The highest BCUT2D eigenvalue weighted by Gasteiger charge is 2.10. The standard InChI is InChI=1S/C10H10IN3O5/c11-7-3-6(14(18)19)1-2-8(7)12-4-9(15)13-5-10(16)17/h1-3,12H,4-5H2,(H,13,15)(H,16,17). The number of nitro groups is 1. The van der Waals surface area contributed by atoms with Gasteiger partial charge in [-0.05, 0) is 28.7 Å². The molecular weight excluding hydrogens is 369 g/mol. The SMILES string of the molecule is O=C(O)CNC(=O)CNc1ccc([N+](=O)[O-])cc1I. The van der Waals surface area contributed by atoms with Gasteiger partial charge in [0.1, 0.15) is 6.54 Å². The first-order valence-corrected chi connectivity index (χ1v) is 6.14. The van der Waals surface area contributed by atoms with Crippen LogP contribution in [0.4, 0.5) is 11.4 Å². The van der Waals surface area contributed by atoms with Crippen LogP contribution in [0.2, 0.25) is 0 Å². The Balaban J connectivity index is 2.56. The number of carbonyl (C=O) groups excluding carboxylic acids is 1. The first kappa shape index (κ1) is 15.1. The Bertz CT molecular complexity index is 520. The van der Waals surface area contributed by atoms with Gasteiger partial charge in [0.15, 0.2) is 0 Å². The molecule has 0 saturated heterocycles. The van der Waals surface area contributed by atoms with Crippen molar-refractivity contribution in [2.24, 2.45) is 0 Å². The summed E-state index contributed by atoms with van der Waals surface area (Å²) in [6.45, 7) is -0.557. The molecular formula is C10H10IN3O5. The molecule has 0 unspecified atom stereocenters. The van der Waals surface area contributed by atoms with Gasteiger partial charge in [-0.3, -0.25) is 19.7 Å². The predicted molar refractivity (Wildman–Crippen MR) is 74.9 cm³/mol. The lowest BCUT2D eigenvalue weighted by atomic mass is 10.3. The number of nitrogens with one attached hydrogen (secondary N) is 2. The molecule has 0 spiro atoms. The Morgan fingerprint density at radius 3 is 2.58 bits per heavy atom. The van der Waals surface area contributed by atoms with Gasteiger partial charge < -0.3 is 15.7 Å². The summed E-state index contributed by atoms with van der Waals surface area (Å²) >= 11 is 1.91. The van der Waals surface area contributed by atoms with E-state index in [2.05, 4.69) is 10.6 Å². The fraction of sp³-hybridized carbons (Fsp3) is 0.200. The molecule has 1 aromatic carbocycles. The van der Waals surface area contributed by atoms with Crippen LogP contribution in [0.3, 0.4) is 0 Å². The lowest BCUT2D eigenvalue weighted by Crippen LogP contribution is -2.33. The summed E-state index contributed by atoms with van der Waals surface area (Å²) in [6, 6.07) is 4.18. The predicted octanol–water partition coefficient (Wildman–Crippen LogP) is 0.812. The van der Waals surface area contributed by atoms with Gasteiger partial charge in [-0.1, -0.05) is 0 Å². The normalized spacial score (nSPS) is 9.74. The number of halogens is 1. The van der Waals surface area contributed by atoms with Crippen molar-refractivity contribution >= 4 is 45.8 Å². The van der Waals surface area contributed by atoms with Crippen molar-refractivity contribution in [3.05, 3.63) is 31.9 Å². The highest BCUT2D eigenvalue weighted by Crippen LogP contribution is 2.23. The summed E-state index contributed by atoms with van der Waals surface area (Å²) in [5.74, 6) is -1.60. The van der Waals surface area contributed by atoms with Gasteiger partial charge >= 0.3 is 5.97 Å². The molecule has 0 radical (unpaired) electrons. The number of anilines is 1. The Kier molecular flexibility index (Phi) is 5.48. The van der Waals surface area contributed by atoms with Gasteiger partial charge in [-0.2, -0.15) is 0 Å². The van der Waals surface area contributed by atoms with Crippen LogP contribution in [0.15, 0.2) is 18.2 Å². The van der Waals surface area contributed by atoms with Crippen LogP contribution >= 0.6 is 22.6 Å². The van der Waals surface area contributed by atoms with Gasteiger partial charge in [-0.15, -0.1) is 0 Å². The van der Waals surface area contributed by atoms with Gasteiger partial charge in [-0.25, -0.2) is 0 Å². The number of benzene rings is 1. The molecule has 0 bridgehead atoms. The fourth-order valence-electron chi connectivity index (χ4n) is 1.17. The van der Waals surface area contributed by atoms with Gasteiger partial charge in [0.05, 0.1) is 11.5 Å². The quantitative estimate of drug-likeness (QED) is 0.382. The van der Waals surface area contributed by atoms with Crippen LogP contribution < -0.4 is 10.6 Å². The average molecular weight is 379 g/mol. The number of carboxylic acid groups (broad SMARTS) is 1. The molecule has 9 heteroatoms. The van der Waals surface area contributed by atoms with E-state index in [1.54, 1.807) is 0 Å². The highest BCUT2D eigenvalue weighted by atomic mass is 127. The number of aliphatic carboxylic acids is 1. The second-order valence-corrected chi connectivity index (χ2v) is 4.61. The first-order valence-electron chi connectivity index (χ1n) is 5.06. The number of amides is 1. The third kappa shape index (κ3) is 5.07. The molecule has 0 heterocycles. The van der Waals surface area contributed by atoms with E-state index in [1.807, 2.05) is 22.6 Å². The maximum Gasteiger partial charge on any atom is 0.322 e. The number of rotatable bonds is 6. The topological polar surface area (TPSA) is 122 Å². The molecule has 1 rings (SSSR count). The van der Waals surface area contributed by atoms with E-state index < -0.39 is 23.3 Å². The molecule has 8 nitrogen and oxygen atoms in total. The van der Waals surface area contributed by atoms with E-state index in [0.717, 1.165) is 0 Å². The molecule has 3 N–H and O–H groups in total. The minimum atomic E-state index is -1.13. The lowest BCUT2D eigenvalue weighted by Gasteiger charge is -2.08. The largest absolute Gasteiger partial charge is 0.480 e. The van der Waals surface area contributed by atoms with Crippen LogP contribution in [0.5, 0.6) is 0 Å². The Morgan fingerprint density at radius 1 is 1.37 bits per heavy atom. The highest BCUT2D eigenvalue weighted by molar-refractivity contribution is 14.1. The van der Waals surface area contributed by atoms with Crippen molar-refractivity contribution < 1.29 is 19.6 Å². The Labute approximate surface area is 121 Å². The molecule has 19 heavy (non-hydrogen) atoms. The number of non-ortho nitro benzene ring substituents is 1. The summed E-state index contributed by atoms with van der Waals surface area (Å²) in [5.41, 5.74) is 0.530. The third-order valence-electron chi connectivity index (χ3n) is 2.04. The Morgan fingerprint density at radius 2 is 2.05 bits per heavy atom. The van der Waals surface area contributed by atoms with Crippen LogP contribution in [-0.2, 0) is 9.59 Å². The molecule has 0 saturated carbocycles. The average Bonchev–Trinajstić information content (AvgIpc) is 2.34. The van der Waals surface area contributed by atoms with Crippen molar-refractivity contribution in [1.82, 2.24) is 5.32 Å². The van der Waals surface area contributed by atoms with Crippen molar-refractivity contribution in [1.29, 1.82) is 0 Å². The molecule has 0 aliphatic rings. The van der Waals surface area contributed by atoms with Crippen LogP contribution in [-0.4, -0.2) is 35.0 Å². The van der Waals surface area contributed by atoms with Crippen molar-refractivity contribution in [2.45, 2.75) is 0 Å². The molecule has 0 aromatic heterocycles. The molecule has 102 valence electrons. The number of carboxylic acids is 1. The van der Waals surface area contributed by atoms with Crippen LogP contribution in [0, 0.1) is 13.7 Å². The van der Waals surface area contributed by atoms with Gasteiger partial charge in [0.25, 0.3) is 5.69 Å². The van der Waals surface area contributed by atoms with Crippen LogP contribution in [0.25, 0.3) is 0 Å². The number of nitro benzene ring substituents is 1. The molecule has 1 amide bonds. The van der Waals surface area contributed by atoms with Crippen molar-refractivity contribution in [2.75, 3.05) is 18.4 Å². The zero-order valence-electron chi connectivity index (χ0n) is 9.55. The molecule has 0 atom stereocenters. The fourth-order valence-corrected chi connectivity index (χ4v) is 1.86. The number of hydrogen-bond donors (Lipinski definition) is 3. The summed E-state index contributed by atoms with van der Waals surface area (Å²) < 4.78 is 0.595. The summed E-state index contributed by atoms with van der Waals surface area (Å²) in [6.07, 6.45) is 0. The van der Waals surface area contributed by atoms with E-state index in [1.165, 1.54) is 18.2 Å². The third-order valence-corrected chi connectivity index (χ3v) is 2.93. The van der Waals surface area contributed by atoms with E-state index in [-0.39, 0.29) is 12.2 Å². The molecule has 1 aromatic rings. The number of nitrogens with zero attached hydrogens (tertiary/aromatic N) is 1. The van der Waals surface area contributed by atoms with Crippen molar-refractivity contribution in [3.8, 4) is 0 Å². The smallest absolute Gasteiger partial charge is 0.322 e. The number of carbonyl (C=O) groups is 2. The molecule has 0 fully saturated rings. The van der Waals surface area contributed by atoms with E-state index in [9.17, 15) is 19.7 Å². The van der Waals surface area contributed by atoms with E-state index in [4.69, 9.17) is 5.11 Å². The summed E-state index contributed by atoms with van der Waals surface area (Å²) in [5, 5.41) is 23.9. The van der Waals surface area contributed by atoms with E-state index >= 15 is 0 Å². The van der Waals surface area contributed by atoms with Crippen molar-refractivity contribution in [3.63, 3.8) is 0 Å². The lowest BCUT2D eigenvalue weighted by molar-refractivity contribution is -0.384. The monoisotopic (exact) mass is 379 g/mol. The zero-order chi connectivity index (χ0) is 14.4. The van der Waals surface area contributed by atoms with Gasteiger partial charge in [0, 0.05) is 21.4 Å². The minimum absolute atomic E-state index is 0.0368. The molecule has 0 aliphatic heterocycles. The second-order valence-electron chi connectivity index (χ2n) is 3.45. The first-order chi connectivity index (χ1) is 8.90. The maximum absolute atomic E-state index is 11.3. The minimum Gasteiger partial charge on any atom is -0.480 e. The maximum atomic E-state index is 11.3. The second kappa shape index (κ2) is 6.87. The Hall–Kier alpha value is -1.91. The summed E-state index contributed by atoms with van der Waals surface area (Å²) in [7, 11) is 0. The van der Waals surface area contributed by atoms with Crippen LogP contribution in [0.1, 0.15) is 0 Å². The number of hydrogen-bond acceptors (Lipinski definition) is 5. The van der Waals surface area contributed by atoms with E-state index in [0.29, 0.717) is 9.26 Å². The van der Waals surface area contributed by atoms with Gasteiger partial charge in [0.2, 0.25) is 5.91 Å². The molecule has 0 aliphatic carbocycles. The zero-order valence-corrected chi connectivity index (χ0v) is 11.7.